The third-order valence-electron chi connectivity index (χ3n) is 3.20. The van der Waals surface area contributed by atoms with Crippen molar-refractivity contribution in [2.75, 3.05) is 6.54 Å². The Balaban J connectivity index is 2.26. The van der Waals surface area contributed by atoms with Gasteiger partial charge < -0.3 is 10.1 Å². The summed E-state index contributed by atoms with van der Waals surface area (Å²) in [4.78, 5) is 0. The Morgan fingerprint density at radius 3 is 2.83 bits per heavy atom. The Morgan fingerprint density at radius 1 is 1.44 bits per heavy atom. The van der Waals surface area contributed by atoms with Gasteiger partial charge in [0.1, 0.15) is 17.2 Å². The van der Waals surface area contributed by atoms with E-state index in [1.165, 1.54) is 6.07 Å². The molecule has 0 fully saturated rings. The van der Waals surface area contributed by atoms with E-state index in [0.29, 0.717) is 5.92 Å². The summed E-state index contributed by atoms with van der Waals surface area (Å²) >= 11 is 0. The molecule has 0 saturated carbocycles. The molecule has 2 nitrogen and oxygen atoms in total. The molecule has 0 aromatic heterocycles. The molecule has 2 rings (SSSR count). The van der Waals surface area contributed by atoms with Gasteiger partial charge >= 0.3 is 0 Å². The van der Waals surface area contributed by atoms with E-state index in [4.69, 9.17) is 4.74 Å². The average molecular weight is 251 g/mol. The smallest absolute Gasteiger partial charge is 0.125 e. The lowest BCUT2D eigenvalue weighted by Crippen LogP contribution is -2.40. The molecule has 0 radical (unpaired) electrons. The fourth-order valence-electron chi connectivity index (χ4n) is 2.39. The van der Waals surface area contributed by atoms with Crippen LogP contribution >= 0.6 is 0 Å². The number of rotatable bonds is 3. The third kappa shape index (κ3) is 3.02. The van der Waals surface area contributed by atoms with Gasteiger partial charge in [0.15, 0.2) is 0 Å². The SMILES string of the molecule is CC(C)CNC1CC(C)(C)Oc2ccc(F)cc21. The molecule has 1 aromatic carbocycles. The monoisotopic (exact) mass is 251 g/mol. The van der Waals surface area contributed by atoms with E-state index in [1.54, 1.807) is 12.1 Å². The first-order chi connectivity index (χ1) is 8.37. The van der Waals surface area contributed by atoms with Gasteiger partial charge in [0, 0.05) is 18.0 Å². The van der Waals surface area contributed by atoms with E-state index < -0.39 is 0 Å². The molecule has 1 aromatic rings. The first kappa shape index (κ1) is 13.3. The molecule has 0 amide bonds. The van der Waals surface area contributed by atoms with Crippen molar-refractivity contribution >= 4 is 0 Å². The summed E-state index contributed by atoms with van der Waals surface area (Å²) in [7, 11) is 0. The van der Waals surface area contributed by atoms with Crippen molar-refractivity contribution in [3.63, 3.8) is 0 Å². The van der Waals surface area contributed by atoms with Crippen molar-refractivity contribution in [1.82, 2.24) is 5.32 Å². The fourth-order valence-corrected chi connectivity index (χ4v) is 2.39. The maximum absolute atomic E-state index is 13.4. The Bertz CT molecular complexity index is 429. The van der Waals surface area contributed by atoms with Crippen LogP contribution in [0.25, 0.3) is 0 Å². The van der Waals surface area contributed by atoms with E-state index in [-0.39, 0.29) is 17.5 Å². The Hall–Kier alpha value is -1.09. The zero-order valence-electron chi connectivity index (χ0n) is 11.6. The molecule has 1 heterocycles. The van der Waals surface area contributed by atoms with Crippen molar-refractivity contribution in [2.45, 2.75) is 45.8 Å². The van der Waals surface area contributed by atoms with Gasteiger partial charge in [-0.25, -0.2) is 4.39 Å². The molecule has 0 spiro atoms. The van der Waals surface area contributed by atoms with Crippen molar-refractivity contribution in [2.24, 2.45) is 5.92 Å². The van der Waals surface area contributed by atoms with Gasteiger partial charge in [-0.05, 0) is 44.5 Å². The second kappa shape index (κ2) is 4.88. The minimum Gasteiger partial charge on any atom is -0.487 e. The molecule has 1 atom stereocenters. The molecule has 1 N–H and O–H groups in total. The largest absolute Gasteiger partial charge is 0.487 e. The number of halogens is 1. The highest BCUT2D eigenvalue weighted by Gasteiger charge is 2.33. The van der Waals surface area contributed by atoms with Gasteiger partial charge in [0.2, 0.25) is 0 Å². The zero-order valence-corrected chi connectivity index (χ0v) is 11.6. The third-order valence-corrected chi connectivity index (χ3v) is 3.20. The lowest BCUT2D eigenvalue weighted by atomic mass is 9.89. The van der Waals surface area contributed by atoms with Gasteiger partial charge in [-0.2, -0.15) is 0 Å². The lowest BCUT2D eigenvalue weighted by molar-refractivity contribution is 0.0652. The number of ether oxygens (including phenoxy) is 1. The van der Waals surface area contributed by atoms with E-state index >= 15 is 0 Å². The molecular weight excluding hydrogens is 229 g/mol. The van der Waals surface area contributed by atoms with Gasteiger partial charge in [-0.1, -0.05) is 13.8 Å². The Kier molecular flexibility index (Phi) is 3.62. The number of hydrogen-bond acceptors (Lipinski definition) is 2. The maximum atomic E-state index is 13.4. The van der Waals surface area contributed by atoms with Crippen LogP contribution in [-0.4, -0.2) is 12.1 Å². The van der Waals surface area contributed by atoms with Crippen LogP contribution in [0.4, 0.5) is 4.39 Å². The molecule has 18 heavy (non-hydrogen) atoms. The lowest BCUT2D eigenvalue weighted by Gasteiger charge is -2.38. The molecule has 1 aliphatic rings. The van der Waals surface area contributed by atoms with Crippen LogP contribution in [0, 0.1) is 11.7 Å². The normalized spacial score (nSPS) is 21.6. The minimum absolute atomic E-state index is 0.168. The molecule has 1 aliphatic heterocycles. The standard InChI is InChI=1S/C15H22FNO/c1-10(2)9-17-13-8-15(3,4)18-14-6-5-11(16)7-12(13)14/h5-7,10,13,17H,8-9H2,1-4H3. The van der Waals surface area contributed by atoms with Crippen LogP contribution in [0.2, 0.25) is 0 Å². The molecule has 0 bridgehead atoms. The summed E-state index contributed by atoms with van der Waals surface area (Å²) in [5, 5.41) is 3.51. The maximum Gasteiger partial charge on any atom is 0.125 e. The highest BCUT2D eigenvalue weighted by atomic mass is 19.1. The zero-order chi connectivity index (χ0) is 13.3. The summed E-state index contributed by atoms with van der Waals surface area (Å²) in [5.74, 6) is 1.18. The van der Waals surface area contributed by atoms with Gasteiger partial charge in [0.25, 0.3) is 0 Å². The number of hydrogen-bond donors (Lipinski definition) is 1. The van der Waals surface area contributed by atoms with E-state index in [2.05, 4.69) is 33.0 Å². The number of benzene rings is 1. The molecule has 0 aliphatic carbocycles. The quantitative estimate of drug-likeness (QED) is 0.885. The van der Waals surface area contributed by atoms with Crippen molar-refractivity contribution in [3.8, 4) is 5.75 Å². The highest BCUT2D eigenvalue weighted by Crippen LogP contribution is 2.39. The summed E-state index contributed by atoms with van der Waals surface area (Å²) in [6, 6.07) is 4.94. The molecule has 0 saturated heterocycles. The van der Waals surface area contributed by atoms with Gasteiger partial charge in [-0.15, -0.1) is 0 Å². The molecule has 100 valence electrons. The van der Waals surface area contributed by atoms with E-state index in [1.807, 2.05) is 0 Å². The van der Waals surface area contributed by atoms with Gasteiger partial charge in [0.05, 0.1) is 0 Å². The second-order valence-electron chi connectivity index (χ2n) is 6.10. The second-order valence-corrected chi connectivity index (χ2v) is 6.10. The van der Waals surface area contributed by atoms with Crippen LogP contribution in [-0.2, 0) is 0 Å². The van der Waals surface area contributed by atoms with Crippen LogP contribution in [0.3, 0.4) is 0 Å². The summed E-state index contributed by atoms with van der Waals surface area (Å²) in [6.07, 6.45) is 0.857. The molecule has 3 heteroatoms. The van der Waals surface area contributed by atoms with Crippen LogP contribution in [0.15, 0.2) is 18.2 Å². The number of nitrogens with one attached hydrogen (secondary N) is 1. The summed E-state index contributed by atoms with van der Waals surface area (Å²) in [6.45, 7) is 9.41. The Labute approximate surface area is 109 Å². The van der Waals surface area contributed by atoms with Crippen LogP contribution < -0.4 is 10.1 Å². The van der Waals surface area contributed by atoms with Crippen molar-refractivity contribution < 1.29 is 9.13 Å². The van der Waals surface area contributed by atoms with E-state index in [0.717, 1.165) is 24.3 Å². The minimum atomic E-state index is -0.209. The first-order valence-corrected chi connectivity index (χ1v) is 6.59. The predicted molar refractivity (Wildman–Crippen MR) is 71.3 cm³/mol. The fraction of sp³-hybridized carbons (Fsp3) is 0.600. The highest BCUT2D eigenvalue weighted by molar-refractivity contribution is 5.39. The topological polar surface area (TPSA) is 21.3 Å². The van der Waals surface area contributed by atoms with Crippen molar-refractivity contribution in [1.29, 1.82) is 0 Å². The first-order valence-electron chi connectivity index (χ1n) is 6.59. The summed E-state index contributed by atoms with van der Waals surface area (Å²) in [5.41, 5.74) is 0.731. The number of fused-ring (bicyclic) bond motifs is 1. The molecular formula is C15H22FNO. The Morgan fingerprint density at radius 2 is 2.17 bits per heavy atom. The average Bonchev–Trinajstić information content (AvgIpc) is 2.26. The van der Waals surface area contributed by atoms with Crippen LogP contribution in [0.5, 0.6) is 5.75 Å². The van der Waals surface area contributed by atoms with Crippen molar-refractivity contribution in [3.05, 3.63) is 29.6 Å². The predicted octanol–water partition coefficient (Wildman–Crippen LogP) is 3.67. The summed E-state index contributed by atoms with van der Waals surface area (Å²) < 4.78 is 19.3. The molecule has 1 unspecified atom stereocenters. The van der Waals surface area contributed by atoms with Gasteiger partial charge in [-0.3, -0.25) is 0 Å². The van der Waals surface area contributed by atoms with E-state index in [9.17, 15) is 4.39 Å². The van der Waals surface area contributed by atoms with Crippen LogP contribution in [0.1, 0.15) is 45.7 Å².